The SMILES string of the molecule is CCC1CC[N-]C1=O.[Y].[Y]. The van der Waals surface area contributed by atoms with Gasteiger partial charge in [0.25, 0.3) is 0 Å². The molecule has 0 spiro atoms. The van der Waals surface area contributed by atoms with Gasteiger partial charge in [-0.05, 0) is 12.3 Å². The molecule has 1 atom stereocenters. The summed E-state index contributed by atoms with van der Waals surface area (Å²) in [6, 6.07) is 0. The predicted molar refractivity (Wildman–Crippen MR) is 31.6 cm³/mol. The number of hydrogen-bond acceptors (Lipinski definition) is 1. The van der Waals surface area contributed by atoms with Crippen LogP contribution in [0.4, 0.5) is 0 Å². The normalized spacial score (nSPS) is 22.5. The van der Waals surface area contributed by atoms with Crippen molar-refractivity contribution >= 4 is 5.91 Å². The van der Waals surface area contributed by atoms with E-state index < -0.39 is 0 Å². The molecule has 0 aliphatic carbocycles. The number of amides is 1. The van der Waals surface area contributed by atoms with Crippen molar-refractivity contribution in [3.63, 3.8) is 0 Å². The Balaban J connectivity index is 0. The Kier molecular flexibility index (Phi) is 10.4. The maximum atomic E-state index is 10.6. The van der Waals surface area contributed by atoms with Gasteiger partial charge in [-0.25, -0.2) is 0 Å². The zero-order valence-electron chi connectivity index (χ0n) is 6.21. The molecule has 2 radical (unpaired) electrons. The molecular weight excluding hydrogens is 280 g/mol. The van der Waals surface area contributed by atoms with E-state index in [9.17, 15) is 4.79 Å². The molecule has 1 aliphatic heterocycles. The van der Waals surface area contributed by atoms with Gasteiger partial charge in [0.2, 0.25) is 0 Å². The van der Waals surface area contributed by atoms with Crippen molar-refractivity contribution in [2.45, 2.75) is 19.8 Å². The summed E-state index contributed by atoms with van der Waals surface area (Å²) in [4.78, 5) is 10.6. The first kappa shape index (κ1) is 14.2. The van der Waals surface area contributed by atoms with E-state index in [1.165, 1.54) is 0 Å². The Morgan fingerprint density at radius 3 is 2.40 bits per heavy atom. The van der Waals surface area contributed by atoms with Gasteiger partial charge in [-0.2, -0.15) is 0 Å². The van der Waals surface area contributed by atoms with E-state index in [1.807, 2.05) is 6.92 Å². The number of carbonyl (C=O) groups excluding carboxylic acids is 1. The number of rotatable bonds is 1. The van der Waals surface area contributed by atoms with Gasteiger partial charge in [-0.3, -0.25) is 0 Å². The van der Waals surface area contributed by atoms with Crippen LogP contribution in [0.2, 0.25) is 0 Å². The minimum absolute atomic E-state index is 0. The van der Waals surface area contributed by atoms with Crippen LogP contribution in [0.5, 0.6) is 0 Å². The minimum atomic E-state index is 0. The second-order valence-electron chi connectivity index (χ2n) is 2.11. The Morgan fingerprint density at radius 1 is 1.60 bits per heavy atom. The van der Waals surface area contributed by atoms with Gasteiger partial charge < -0.3 is 10.1 Å². The summed E-state index contributed by atoms with van der Waals surface area (Å²) in [5, 5.41) is 3.75. The van der Waals surface area contributed by atoms with Crippen LogP contribution in [-0.2, 0) is 70.2 Å². The molecule has 0 aromatic rings. The third kappa shape index (κ3) is 3.90. The molecule has 1 unspecified atom stereocenters. The summed E-state index contributed by atoms with van der Waals surface area (Å²) in [5.74, 6) is 0.377. The van der Waals surface area contributed by atoms with E-state index in [0.717, 1.165) is 19.4 Å². The van der Waals surface area contributed by atoms with Crippen LogP contribution in [0.25, 0.3) is 5.32 Å². The van der Waals surface area contributed by atoms with Gasteiger partial charge in [0.05, 0.1) is 5.91 Å². The van der Waals surface area contributed by atoms with E-state index >= 15 is 0 Å². The predicted octanol–water partition coefficient (Wildman–Crippen LogP) is 1.31. The summed E-state index contributed by atoms with van der Waals surface area (Å²) >= 11 is 0. The van der Waals surface area contributed by atoms with Crippen molar-refractivity contribution < 1.29 is 70.2 Å². The van der Waals surface area contributed by atoms with E-state index in [2.05, 4.69) is 5.32 Å². The molecule has 10 heavy (non-hydrogen) atoms. The molecule has 0 bridgehead atoms. The van der Waals surface area contributed by atoms with Gasteiger partial charge in [-0.1, -0.05) is 13.3 Å². The topological polar surface area (TPSA) is 31.2 Å². The first-order chi connectivity index (χ1) is 3.84. The van der Waals surface area contributed by atoms with Crippen LogP contribution in [0.3, 0.4) is 0 Å². The monoisotopic (exact) mass is 290 g/mol. The quantitative estimate of drug-likeness (QED) is 0.716. The Morgan fingerprint density at radius 2 is 2.20 bits per heavy atom. The van der Waals surface area contributed by atoms with Crippen LogP contribution in [0.15, 0.2) is 0 Å². The maximum Gasteiger partial charge on any atom is 0.0542 e. The van der Waals surface area contributed by atoms with Crippen LogP contribution in [-0.4, -0.2) is 12.5 Å². The molecular formula is C6H10NOY2-. The van der Waals surface area contributed by atoms with Gasteiger partial charge in [0, 0.05) is 65.4 Å². The van der Waals surface area contributed by atoms with Gasteiger partial charge in [0.15, 0.2) is 0 Å². The van der Waals surface area contributed by atoms with Crippen molar-refractivity contribution in [2.24, 2.45) is 5.92 Å². The number of hydrogen-bond donors (Lipinski definition) is 0. The average Bonchev–Trinajstić information content (AvgIpc) is 2.14. The summed E-state index contributed by atoms with van der Waals surface area (Å²) in [5.41, 5.74) is 0. The summed E-state index contributed by atoms with van der Waals surface area (Å²) in [6.45, 7) is 2.79. The zero-order valence-corrected chi connectivity index (χ0v) is 11.9. The summed E-state index contributed by atoms with van der Waals surface area (Å²) < 4.78 is 0. The van der Waals surface area contributed by atoms with E-state index in [1.54, 1.807) is 0 Å². The van der Waals surface area contributed by atoms with E-state index in [-0.39, 0.29) is 77.2 Å². The van der Waals surface area contributed by atoms with Gasteiger partial charge in [-0.15, -0.1) is 6.54 Å². The second-order valence-corrected chi connectivity index (χ2v) is 2.11. The molecule has 1 amide bonds. The smallest absolute Gasteiger partial charge is 0.0542 e. The average molecular weight is 290 g/mol. The number of nitrogens with zero attached hydrogens (tertiary/aromatic N) is 1. The summed E-state index contributed by atoms with van der Waals surface area (Å²) in [6.07, 6.45) is 1.94. The van der Waals surface area contributed by atoms with Crippen molar-refractivity contribution in [3.05, 3.63) is 5.32 Å². The molecule has 4 heteroatoms. The second kappa shape index (κ2) is 7.33. The third-order valence-corrected chi connectivity index (χ3v) is 1.59. The third-order valence-electron chi connectivity index (χ3n) is 1.59. The van der Waals surface area contributed by atoms with Crippen LogP contribution >= 0.6 is 0 Å². The van der Waals surface area contributed by atoms with E-state index in [4.69, 9.17) is 0 Å². The number of carbonyl (C=O) groups is 1. The Labute approximate surface area is 112 Å². The van der Waals surface area contributed by atoms with E-state index in [0.29, 0.717) is 0 Å². The molecule has 1 aliphatic rings. The molecule has 52 valence electrons. The molecule has 1 fully saturated rings. The van der Waals surface area contributed by atoms with Gasteiger partial charge in [0.1, 0.15) is 0 Å². The van der Waals surface area contributed by atoms with Gasteiger partial charge >= 0.3 is 0 Å². The largest absolute Gasteiger partial charge is 0.653 e. The molecule has 0 saturated carbocycles. The van der Waals surface area contributed by atoms with Crippen molar-refractivity contribution in [2.75, 3.05) is 6.54 Å². The molecule has 0 aromatic heterocycles. The van der Waals surface area contributed by atoms with Crippen molar-refractivity contribution in [1.82, 2.24) is 0 Å². The van der Waals surface area contributed by atoms with Crippen LogP contribution < -0.4 is 0 Å². The fourth-order valence-corrected chi connectivity index (χ4v) is 0.962. The minimum Gasteiger partial charge on any atom is -0.653 e. The Bertz CT molecular complexity index is 108. The fourth-order valence-electron chi connectivity index (χ4n) is 0.962. The summed E-state index contributed by atoms with van der Waals surface area (Å²) in [7, 11) is 0. The molecule has 1 rings (SSSR count). The molecule has 1 saturated heterocycles. The van der Waals surface area contributed by atoms with Crippen LogP contribution in [0.1, 0.15) is 19.8 Å². The van der Waals surface area contributed by atoms with Crippen molar-refractivity contribution in [1.29, 1.82) is 0 Å². The first-order valence-corrected chi connectivity index (χ1v) is 3.06. The molecule has 2 nitrogen and oxygen atoms in total. The molecule has 1 heterocycles. The molecule has 0 N–H and O–H groups in total. The Hall–Kier alpha value is 1.68. The first-order valence-electron chi connectivity index (χ1n) is 3.06. The maximum absolute atomic E-state index is 10.6. The molecule has 0 aromatic carbocycles. The fraction of sp³-hybridized carbons (Fsp3) is 0.833. The standard InChI is InChI=1S/C6H11NO.2Y/c1-2-5-3-4-7-6(5)8;;/h5H,2-4H2,1H3,(H,7,8);;/p-1. The zero-order chi connectivity index (χ0) is 5.98. The van der Waals surface area contributed by atoms with Crippen molar-refractivity contribution in [3.8, 4) is 0 Å². The van der Waals surface area contributed by atoms with Crippen LogP contribution in [0, 0.1) is 5.92 Å².